The summed E-state index contributed by atoms with van der Waals surface area (Å²) in [7, 11) is 1.61. The van der Waals surface area contributed by atoms with E-state index in [1.54, 1.807) is 36.3 Å². The van der Waals surface area contributed by atoms with Crippen LogP contribution in [0, 0.1) is 6.92 Å². The second kappa shape index (κ2) is 9.54. The second-order valence-corrected chi connectivity index (χ2v) is 9.12. The number of aromatic nitrogens is 1. The lowest BCUT2D eigenvalue weighted by molar-refractivity contribution is 0.0390. The van der Waals surface area contributed by atoms with Crippen LogP contribution in [0.25, 0.3) is 21.2 Å². The number of para-hydroxylation sites is 1. The summed E-state index contributed by atoms with van der Waals surface area (Å²) >= 11 is 1.43. The van der Waals surface area contributed by atoms with Gasteiger partial charge in [-0.25, -0.2) is 4.98 Å². The van der Waals surface area contributed by atoms with Crippen molar-refractivity contribution in [2.45, 2.75) is 6.92 Å². The molecule has 0 saturated carbocycles. The predicted molar refractivity (Wildman–Crippen MR) is 132 cm³/mol. The molecule has 0 unspecified atom stereocenters. The molecule has 8 nitrogen and oxygen atoms in total. The molecular formula is C25H25N3O5S. The SMILES string of the molecule is COc1ccc(C)c2sc(N(CCN3CCOCC3)C(=O)c3cc(=O)c4ccccc4o3)nc12. The van der Waals surface area contributed by atoms with Gasteiger partial charge in [-0.2, -0.15) is 0 Å². The molecule has 1 saturated heterocycles. The fourth-order valence-corrected chi connectivity index (χ4v) is 5.15. The first-order valence-corrected chi connectivity index (χ1v) is 12.0. The van der Waals surface area contributed by atoms with Crippen LogP contribution < -0.4 is 15.1 Å². The summed E-state index contributed by atoms with van der Waals surface area (Å²) in [5, 5.41) is 0.982. The third kappa shape index (κ3) is 4.29. The minimum atomic E-state index is -0.396. The highest BCUT2D eigenvalue weighted by atomic mass is 32.1. The van der Waals surface area contributed by atoms with Gasteiger partial charge in [0, 0.05) is 32.2 Å². The maximum Gasteiger partial charge on any atom is 0.295 e. The quantitative estimate of drug-likeness (QED) is 0.417. The monoisotopic (exact) mass is 479 g/mol. The molecule has 0 atom stereocenters. The molecule has 34 heavy (non-hydrogen) atoms. The lowest BCUT2D eigenvalue weighted by atomic mass is 10.2. The molecule has 1 amide bonds. The fourth-order valence-electron chi connectivity index (χ4n) is 4.07. The molecule has 176 valence electrons. The number of morpholine rings is 1. The number of amides is 1. The van der Waals surface area contributed by atoms with Crippen LogP contribution in [0.2, 0.25) is 0 Å². The van der Waals surface area contributed by atoms with Gasteiger partial charge in [-0.05, 0) is 30.7 Å². The van der Waals surface area contributed by atoms with Gasteiger partial charge < -0.3 is 13.9 Å². The van der Waals surface area contributed by atoms with Crippen LogP contribution in [-0.4, -0.2) is 62.3 Å². The number of carbonyl (C=O) groups excluding carboxylic acids is 1. The second-order valence-electron chi connectivity index (χ2n) is 8.14. The summed E-state index contributed by atoms with van der Waals surface area (Å²) in [5.74, 6) is 0.251. The number of anilines is 1. The molecule has 0 aliphatic carbocycles. The van der Waals surface area contributed by atoms with Crippen LogP contribution in [0.15, 0.2) is 51.7 Å². The standard InChI is InChI=1S/C25H25N3O5S/c1-16-7-8-20(31-2)22-23(16)34-25(26-22)28(10-9-27-11-13-32-14-12-27)24(30)21-15-18(29)17-5-3-4-6-19(17)33-21/h3-8,15H,9-14H2,1-2H3. The lowest BCUT2D eigenvalue weighted by Gasteiger charge is -2.29. The van der Waals surface area contributed by atoms with Gasteiger partial charge in [-0.3, -0.25) is 19.4 Å². The zero-order chi connectivity index (χ0) is 23.7. The van der Waals surface area contributed by atoms with Crippen LogP contribution in [0.5, 0.6) is 5.75 Å². The Bertz CT molecular complexity index is 1410. The Morgan fingerprint density at radius 2 is 2.00 bits per heavy atom. The Morgan fingerprint density at radius 1 is 1.21 bits per heavy atom. The summed E-state index contributed by atoms with van der Waals surface area (Å²) in [6.45, 7) is 6.01. The largest absolute Gasteiger partial charge is 0.494 e. The van der Waals surface area contributed by atoms with Crippen molar-refractivity contribution in [2.24, 2.45) is 0 Å². The number of hydrogen-bond donors (Lipinski definition) is 0. The maximum atomic E-state index is 13.7. The van der Waals surface area contributed by atoms with Gasteiger partial charge in [0.2, 0.25) is 0 Å². The smallest absolute Gasteiger partial charge is 0.295 e. The van der Waals surface area contributed by atoms with Gasteiger partial charge in [0.1, 0.15) is 16.8 Å². The van der Waals surface area contributed by atoms with Crippen LogP contribution in [-0.2, 0) is 4.74 Å². The molecule has 3 heterocycles. The summed E-state index contributed by atoms with van der Waals surface area (Å²) < 4.78 is 17.8. The summed E-state index contributed by atoms with van der Waals surface area (Å²) in [4.78, 5) is 35.0. The average Bonchev–Trinajstić information content (AvgIpc) is 3.31. The summed E-state index contributed by atoms with van der Waals surface area (Å²) in [6.07, 6.45) is 0. The molecule has 1 fully saturated rings. The number of fused-ring (bicyclic) bond motifs is 2. The number of nitrogens with zero attached hydrogens (tertiary/aromatic N) is 3. The topological polar surface area (TPSA) is 85.1 Å². The molecule has 0 radical (unpaired) electrons. The highest BCUT2D eigenvalue weighted by molar-refractivity contribution is 7.22. The van der Waals surface area contributed by atoms with Gasteiger partial charge in [0.15, 0.2) is 16.3 Å². The fraction of sp³-hybridized carbons (Fsp3) is 0.320. The number of ether oxygens (including phenoxy) is 2. The maximum absolute atomic E-state index is 13.7. The molecule has 1 aliphatic rings. The minimum Gasteiger partial charge on any atom is -0.494 e. The molecule has 5 rings (SSSR count). The summed E-state index contributed by atoms with van der Waals surface area (Å²) in [5.41, 5.74) is 1.90. The predicted octanol–water partition coefficient (Wildman–Crippen LogP) is 3.70. The van der Waals surface area contributed by atoms with E-state index in [2.05, 4.69) is 4.90 Å². The van der Waals surface area contributed by atoms with Crippen LogP contribution in [0.3, 0.4) is 0 Å². The van der Waals surface area contributed by atoms with Crippen LogP contribution in [0.4, 0.5) is 5.13 Å². The third-order valence-corrected chi connectivity index (χ3v) is 7.19. The lowest BCUT2D eigenvalue weighted by Crippen LogP contribution is -2.43. The molecule has 0 spiro atoms. The van der Waals surface area contributed by atoms with Crippen molar-refractivity contribution in [2.75, 3.05) is 51.4 Å². The molecule has 0 N–H and O–H groups in total. The van der Waals surface area contributed by atoms with Gasteiger partial charge in [-0.15, -0.1) is 0 Å². The van der Waals surface area contributed by atoms with Crippen molar-refractivity contribution in [3.8, 4) is 5.75 Å². The van der Waals surface area contributed by atoms with Crippen molar-refractivity contribution in [3.05, 3.63) is 64.0 Å². The van der Waals surface area contributed by atoms with Crippen molar-refractivity contribution in [3.63, 3.8) is 0 Å². The molecule has 2 aromatic carbocycles. The zero-order valence-corrected chi connectivity index (χ0v) is 19.9. The Labute approximate surface area is 200 Å². The molecule has 1 aliphatic heterocycles. The van der Waals surface area contributed by atoms with Crippen molar-refractivity contribution in [1.29, 1.82) is 0 Å². The number of carbonyl (C=O) groups is 1. The van der Waals surface area contributed by atoms with Gasteiger partial charge in [-0.1, -0.05) is 29.5 Å². The normalized spacial score (nSPS) is 14.5. The van der Waals surface area contributed by atoms with E-state index >= 15 is 0 Å². The Morgan fingerprint density at radius 3 is 2.79 bits per heavy atom. The number of rotatable bonds is 6. The highest BCUT2D eigenvalue weighted by Gasteiger charge is 2.26. The van der Waals surface area contributed by atoms with Crippen molar-refractivity contribution < 1.29 is 18.7 Å². The number of thiazole rings is 1. The van der Waals surface area contributed by atoms with Crippen LogP contribution >= 0.6 is 11.3 Å². The molecular weight excluding hydrogens is 454 g/mol. The Hall–Kier alpha value is -3.27. The molecule has 0 bridgehead atoms. The van der Waals surface area contributed by atoms with Crippen molar-refractivity contribution in [1.82, 2.24) is 9.88 Å². The first kappa shape index (κ1) is 22.5. The van der Waals surface area contributed by atoms with E-state index in [-0.39, 0.29) is 11.2 Å². The average molecular weight is 480 g/mol. The number of aryl methyl sites for hydroxylation is 1. The van der Waals surface area contributed by atoms with E-state index in [9.17, 15) is 9.59 Å². The first-order valence-electron chi connectivity index (χ1n) is 11.1. The minimum absolute atomic E-state index is 0.00591. The van der Waals surface area contributed by atoms with E-state index < -0.39 is 5.91 Å². The Balaban J connectivity index is 1.55. The van der Waals surface area contributed by atoms with E-state index in [0.29, 0.717) is 53.7 Å². The van der Waals surface area contributed by atoms with E-state index in [4.69, 9.17) is 18.9 Å². The third-order valence-electron chi connectivity index (χ3n) is 5.98. The van der Waals surface area contributed by atoms with Crippen molar-refractivity contribution >= 4 is 43.6 Å². The van der Waals surface area contributed by atoms with Crippen LogP contribution in [0.1, 0.15) is 16.1 Å². The first-order chi connectivity index (χ1) is 16.5. The summed E-state index contributed by atoms with van der Waals surface area (Å²) in [6, 6.07) is 12.1. The Kier molecular flexibility index (Phi) is 6.32. The van der Waals surface area contributed by atoms with E-state index in [1.165, 1.54) is 17.4 Å². The van der Waals surface area contributed by atoms with E-state index in [1.807, 2.05) is 19.1 Å². The highest BCUT2D eigenvalue weighted by Crippen LogP contribution is 2.36. The van der Waals surface area contributed by atoms with Gasteiger partial charge >= 0.3 is 0 Å². The van der Waals surface area contributed by atoms with Gasteiger partial charge in [0.05, 0.1) is 30.4 Å². The van der Waals surface area contributed by atoms with E-state index in [0.717, 1.165) is 23.4 Å². The molecule has 4 aromatic rings. The number of methoxy groups -OCH3 is 1. The zero-order valence-electron chi connectivity index (χ0n) is 19.1. The number of benzene rings is 2. The number of hydrogen-bond acceptors (Lipinski definition) is 8. The molecule has 9 heteroatoms. The molecule has 2 aromatic heterocycles. The van der Waals surface area contributed by atoms with Gasteiger partial charge in [0.25, 0.3) is 5.91 Å².